The SMILES string of the molecule is CNCCCC(=O)NCc1nc2ccccc2n1C. The van der Waals surface area contributed by atoms with Gasteiger partial charge in [-0.25, -0.2) is 4.98 Å². The fraction of sp³-hybridized carbons (Fsp3) is 0.429. The zero-order valence-electron chi connectivity index (χ0n) is 11.4. The summed E-state index contributed by atoms with van der Waals surface area (Å²) in [5, 5.41) is 5.94. The van der Waals surface area contributed by atoms with E-state index in [1.165, 1.54) is 0 Å². The zero-order valence-corrected chi connectivity index (χ0v) is 11.4. The van der Waals surface area contributed by atoms with E-state index in [9.17, 15) is 4.79 Å². The van der Waals surface area contributed by atoms with Crippen molar-refractivity contribution in [1.82, 2.24) is 20.2 Å². The number of aryl methyl sites for hydroxylation is 1. The maximum Gasteiger partial charge on any atom is 0.220 e. The Balaban J connectivity index is 1.94. The normalized spacial score (nSPS) is 10.8. The summed E-state index contributed by atoms with van der Waals surface area (Å²) in [6.07, 6.45) is 1.40. The summed E-state index contributed by atoms with van der Waals surface area (Å²) in [4.78, 5) is 16.2. The second-order valence-electron chi connectivity index (χ2n) is 4.56. The summed E-state index contributed by atoms with van der Waals surface area (Å²) in [5.41, 5.74) is 2.05. The summed E-state index contributed by atoms with van der Waals surface area (Å²) < 4.78 is 2.02. The van der Waals surface area contributed by atoms with Gasteiger partial charge in [0.15, 0.2) is 0 Å². The van der Waals surface area contributed by atoms with Crippen molar-refractivity contribution in [2.75, 3.05) is 13.6 Å². The van der Waals surface area contributed by atoms with Gasteiger partial charge in [-0.15, -0.1) is 0 Å². The van der Waals surface area contributed by atoms with Gasteiger partial charge in [-0.3, -0.25) is 4.79 Å². The van der Waals surface area contributed by atoms with Crippen LogP contribution in [0.1, 0.15) is 18.7 Å². The lowest BCUT2D eigenvalue weighted by atomic mass is 10.3. The lowest BCUT2D eigenvalue weighted by Gasteiger charge is -2.05. The minimum absolute atomic E-state index is 0.0716. The highest BCUT2D eigenvalue weighted by Crippen LogP contribution is 2.13. The third kappa shape index (κ3) is 3.32. The molecule has 0 aliphatic heterocycles. The predicted molar refractivity (Wildman–Crippen MR) is 75.7 cm³/mol. The number of benzene rings is 1. The van der Waals surface area contributed by atoms with Crippen molar-refractivity contribution < 1.29 is 4.79 Å². The smallest absolute Gasteiger partial charge is 0.220 e. The van der Waals surface area contributed by atoms with Crippen molar-refractivity contribution in [2.45, 2.75) is 19.4 Å². The Bertz CT molecular complexity index is 562. The number of amides is 1. The summed E-state index contributed by atoms with van der Waals surface area (Å²) in [6.45, 7) is 1.34. The molecule has 1 amide bonds. The topological polar surface area (TPSA) is 59.0 Å². The van der Waals surface area contributed by atoms with Crippen LogP contribution in [0.3, 0.4) is 0 Å². The molecule has 102 valence electrons. The molecule has 0 aliphatic carbocycles. The maximum absolute atomic E-state index is 11.6. The van der Waals surface area contributed by atoms with E-state index in [4.69, 9.17) is 0 Å². The van der Waals surface area contributed by atoms with Crippen molar-refractivity contribution in [2.24, 2.45) is 7.05 Å². The molecule has 2 aromatic rings. The van der Waals surface area contributed by atoms with Gasteiger partial charge in [-0.2, -0.15) is 0 Å². The molecule has 2 rings (SSSR count). The maximum atomic E-state index is 11.6. The molecule has 0 saturated carbocycles. The molecule has 19 heavy (non-hydrogen) atoms. The molecule has 0 bridgehead atoms. The van der Waals surface area contributed by atoms with E-state index in [1.807, 2.05) is 42.9 Å². The number of fused-ring (bicyclic) bond motifs is 1. The Kier molecular flexibility index (Phi) is 4.52. The van der Waals surface area contributed by atoms with Gasteiger partial charge < -0.3 is 15.2 Å². The van der Waals surface area contributed by atoms with Gasteiger partial charge in [0.2, 0.25) is 5.91 Å². The zero-order chi connectivity index (χ0) is 13.7. The summed E-state index contributed by atoms with van der Waals surface area (Å²) in [5.74, 6) is 0.950. The monoisotopic (exact) mass is 260 g/mol. The van der Waals surface area contributed by atoms with E-state index in [0.717, 1.165) is 29.8 Å². The number of carbonyl (C=O) groups is 1. The van der Waals surface area contributed by atoms with Gasteiger partial charge in [-0.05, 0) is 32.1 Å². The van der Waals surface area contributed by atoms with Gasteiger partial charge in [0.1, 0.15) is 5.82 Å². The van der Waals surface area contributed by atoms with E-state index in [-0.39, 0.29) is 5.91 Å². The van der Waals surface area contributed by atoms with Crippen LogP contribution in [-0.2, 0) is 18.4 Å². The molecule has 1 heterocycles. The average Bonchev–Trinajstić information content (AvgIpc) is 2.74. The Morgan fingerprint density at radius 2 is 2.16 bits per heavy atom. The minimum atomic E-state index is 0.0716. The van der Waals surface area contributed by atoms with Crippen LogP contribution < -0.4 is 10.6 Å². The number of aromatic nitrogens is 2. The molecule has 0 spiro atoms. The predicted octanol–water partition coefficient (Wildman–Crippen LogP) is 1.19. The second kappa shape index (κ2) is 6.33. The lowest BCUT2D eigenvalue weighted by Crippen LogP contribution is -2.25. The highest BCUT2D eigenvalue weighted by atomic mass is 16.1. The summed E-state index contributed by atoms with van der Waals surface area (Å²) >= 11 is 0. The fourth-order valence-corrected chi connectivity index (χ4v) is 2.05. The number of nitrogens with zero attached hydrogens (tertiary/aromatic N) is 2. The average molecular weight is 260 g/mol. The van der Waals surface area contributed by atoms with Crippen molar-refractivity contribution in [3.63, 3.8) is 0 Å². The van der Waals surface area contributed by atoms with Crippen molar-refractivity contribution in [1.29, 1.82) is 0 Å². The van der Waals surface area contributed by atoms with E-state index in [2.05, 4.69) is 15.6 Å². The highest BCUT2D eigenvalue weighted by molar-refractivity contribution is 5.77. The van der Waals surface area contributed by atoms with Crippen LogP contribution in [0.15, 0.2) is 24.3 Å². The van der Waals surface area contributed by atoms with E-state index < -0.39 is 0 Å². The van der Waals surface area contributed by atoms with Crippen LogP contribution in [0.25, 0.3) is 11.0 Å². The van der Waals surface area contributed by atoms with Gasteiger partial charge >= 0.3 is 0 Å². The van der Waals surface area contributed by atoms with Crippen LogP contribution in [0, 0.1) is 0 Å². The summed E-state index contributed by atoms with van der Waals surface area (Å²) in [7, 11) is 3.86. The van der Waals surface area contributed by atoms with Gasteiger partial charge in [0.05, 0.1) is 17.6 Å². The first-order valence-corrected chi connectivity index (χ1v) is 6.54. The van der Waals surface area contributed by atoms with Gasteiger partial charge in [0, 0.05) is 13.5 Å². The molecule has 0 saturated heterocycles. The number of rotatable bonds is 6. The first-order valence-electron chi connectivity index (χ1n) is 6.54. The third-order valence-corrected chi connectivity index (χ3v) is 3.15. The number of hydrogen-bond acceptors (Lipinski definition) is 3. The van der Waals surface area contributed by atoms with Crippen LogP contribution in [-0.4, -0.2) is 29.1 Å². The van der Waals surface area contributed by atoms with Gasteiger partial charge in [-0.1, -0.05) is 12.1 Å². The molecular formula is C14H20N4O. The molecule has 5 nitrogen and oxygen atoms in total. The van der Waals surface area contributed by atoms with E-state index >= 15 is 0 Å². The molecule has 1 aromatic heterocycles. The third-order valence-electron chi connectivity index (χ3n) is 3.15. The first-order chi connectivity index (χ1) is 9.22. The number of hydrogen-bond donors (Lipinski definition) is 2. The molecule has 1 aromatic carbocycles. The first kappa shape index (κ1) is 13.5. The van der Waals surface area contributed by atoms with Crippen LogP contribution >= 0.6 is 0 Å². The van der Waals surface area contributed by atoms with Crippen LogP contribution in [0.4, 0.5) is 0 Å². The van der Waals surface area contributed by atoms with E-state index in [0.29, 0.717) is 13.0 Å². The molecular weight excluding hydrogens is 240 g/mol. The van der Waals surface area contributed by atoms with Crippen molar-refractivity contribution >= 4 is 16.9 Å². The molecule has 0 radical (unpaired) electrons. The van der Waals surface area contributed by atoms with Crippen LogP contribution in [0.5, 0.6) is 0 Å². The standard InChI is InChI=1S/C14H20N4O/c1-15-9-5-8-14(19)16-10-13-17-11-6-3-4-7-12(11)18(13)2/h3-4,6-7,15H,5,8-10H2,1-2H3,(H,16,19). The molecule has 2 N–H and O–H groups in total. The number of para-hydroxylation sites is 2. The molecule has 0 atom stereocenters. The lowest BCUT2D eigenvalue weighted by molar-refractivity contribution is -0.121. The minimum Gasteiger partial charge on any atom is -0.349 e. The van der Waals surface area contributed by atoms with Crippen molar-refractivity contribution in [3.05, 3.63) is 30.1 Å². The quantitative estimate of drug-likeness (QED) is 0.767. The van der Waals surface area contributed by atoms with Crippen molar-refractivity contribution in [3.8, 4) is 0 Å². The van der Waals surface area contributed by atoms with E-state index in [1.54, 1.807) is 0 Å². The Morgan fingerprint density at radius 1 is 1.37 bits per heavy atom. The Labute approximate surface area is 113 Å². The summed E-state index contributed by atoms with van der Waals surface area (Å²) in [6, 6.07) is 7.97. The van der Waals surface area contributed by atoms with Crippen LogP contribution in [0.2, 0.25) is 0 Å². The largest absolute Gasteiger partial charge is 0.349 e. The number of imidazole rings is 1. The molecule has 0 fully saturated rings. The highest BCUT2D eigenvalue weighted by Gasteiger charge is 2.08. The van der Waals surface area contributed by atoms with Gasteiger partial charge in [0.25, 0.3) is 0 Å². The molecule has 5 heteroatoms. The number of carbonyl (C=O) groups excluding carboxylic acids is 1. The molecule has 0 aliphatic rings. The number of nitrogens with one attached hydrogen (secondary N) is 2. The second-order valence-corrected chi connectivity index (χ2v) is 4.56. The Hall–Kier alpha value is -1.88. The fourth-order valence-electron chi connectivity index (χ4n) is 2.05. The Morgan fingerprint density at radius 3 is 2.89 bits per heavy atom. The molecule has 0 unspecified atom stereocenters.